The minimum Gasteiger partial charge on any atom is -0.383 e. The summed E-state index contributed by atoms with van der Waals surface area (Å²) >= 11 is 6.12. The van der Waals surface area contributed by atoms with Crippen LogP contribution in [0.5, 0.6) is 0 Å². The van der Waals surface area contributed by atoms with Crippen LogP contribution in [0.4, 0.5) is 10.2 Å². The molecule has 134 valence electrons. The highest BCUT2D eigenvalue weighted by molar-refractivity contribution is 6.30. The van der Waals surface area contributed by atoms with Crippen molar-refractivity contribution in [1.82, 2.24) is 19.5 Å². The van der Waals surface area contributed by atoms with E-state index < -0.39 is 0 Å². The second-order valence-corrected chi connectivity index (χ2v) is 7.03. The molecule has 0 unspecified atom stereocenters. The van der Waals surface area contributed by atoms with Crippen molar-refractivity contribution in [1.29, 1.82) is 0 Å². The summed E-state index contributed by atoms with van der Waals surface area (Å²) in [5.41, 5.74) is 9.57. The number of hydrogen-bond donors (Lipinski definition) is 1. The molecule has 0 bridgehead atoms. The summed E-state index contributed by atoms with van der Waals surface area (Å²) < 4.78 is 16.7. The Morgan fingerprint density at radius 3 is 2.89 bits per heavy atom. The molecule has 0 saturated heterocycles. The number of rotatable bonds is 2. The molecule has 1 aliphatic rings. The van der Waals surface area contributed by atoms with Gasteiger partial charge in [0.05, 0.1) is 16.9 Å². The fraction of sp³-hybridized carbons (Fsp3) is 0.150. The van der Waals surface area contributed by atoms with Gasteiger partial charge in [0.2, 0.25) is 0 Å². The first-order valence-electron chi connectivity index (χ1n) is 8.67. The number of nitrogens with two attached hydrogens (primary N) is 1. The van der Waals surface area contributed by atoms with Gasteiger partial charge in [-0.25, -0.2) is 19.3 Å². The van der Waals surface area contributed by atoms with Crippen molar-refractivity contribution in [3.05, 3.63) is 59.4 Å². The standard InChI is InChI=1S/C20H15ClFN5/c21-12-4-5-15(22)13(9-12)18-19(27-7-1-2-17(27)26-18)11-3-6-16-14(8-11)20(23)25-10-24-16/h3-6,8-10H,1-2,7H2,(H2,23,24,25). The second kappa shape index (κ2) is 6.03. The number of nitrogens with zero attached hydrogens (tertiary/aromatic N) is 4. The molecule has 0 saturated carbocycles. The Labute approximate surface area is 159 Å². The zero-order valence-corrected chi connectivity index (χ0v) is 15.0. The van der Waals surface area contributed by atoms with Crippen molar-refractivity contribution in [2.24, 2.45) is 0 Å². The van der Waals surface area contributed by atoms with E-state index in [9.17, 15) is 4.39 Å². The van der Waals surface area contributed by atoms with Crippen molar-refractivity contribution < 1.29 is 4.39 Å². The number of imidazole rings is 1. The Bertz CT molecular complexity index is 1200. The Morgan fingerprint density at radius 1 is 1.11 bits per heavy atom. The smallest absolute Gasteiger partial charge is 0.134 e. The minimum atomic E-state index is -0.346. The molecular formula is C20H15ClFN5. The number of anilines is 1. The third kappa shape index (κ3) is 2.56. The molecular weight excluding hydrogens is 365 g/mol. The first kappa shape index (κ1) is 16.2. The largest absolute Gasteiger partial charge is 0.383 e. The summed E-state index contributed by atoms with van der Waals surface area (Å²) in [6.45, 7) is 0.846. The van der Waals surface area contributed by atoms with Crippen molar-refractivity contribution in [2.75, 3.05) is 5.73 Å². The van der Waals surface area contributed by atoms with Gasteiger partial charge < -0.3 is 10.3 Å². The molecule has 27 heavy (non-hydrogen) atoms. The predicted octanol–water partition coefficient (Wildman–Crippen LogP) is 4.48. The van der Waals surface area contributed by atoms with E-state index in [1.165, 1.54) is 18.5 Å². The molecule has 2 aromatic heterocycles. The topological polar surface area (TPSA) is 69.6 Å². The van der Waals surface area contributed by atoms with Crippen LogP contribution >= 0.6 is 11.6 Å². The predicted molar refractivity (Wildman–Crippen MR) is 104 cm³/mol. The lowest BCUT2D eigenvalue weighted by atomic mass is 10.0. The lowest BCUT2D eigenvalue weighted by Crippen LogP contribution is -1.98. The van der Waals surface area contributed by atoms with E-state index in [1.807, 2.05) is 18.2 Å². The molecule has 0 radical (unpaired) electrons. The summed E-state index contributed by atoms with van der Waals surface area (Å²) in [5.74, 6) is 1.02. The zero-order valence-electron chi connectivity index (χ0n) is 14.3. The molecule has 1 aliphatic heterocycles. The van der Waals surface area contributed by atoms with Gasteiger partial charge in [-0.15, -0.1) is 0 Å². The average Bonchev–Trinajstić information content (AvgIpc) is 3.25. The van der Waals surface area contributed by atoms with E-state index in [-0.39, 0.29) is 5.82 Å². The molecule has 5 rings (SSSR count). The van der Waals surface area contributed by atoms with E-state index in [1.54, 1.807) is 6.07 Å². The Balaban J connectivity index is 1.80. The van der Waals surface area contributed by atoms with Crippen LogP contribution in [0, 0.1) is 5.82 Å². The summed E-state index contributed by atoms with van der Waals surface area (Å²) in [4.78, 5) is 13.1. The van der Waals surface area contributed by atoms with Gasteiger partial charge in [-0.1, -0.05) is 17.7 Å². The number of aryl methyl sites for hydroxylation is 1. The van der Waals surface area contributed by atoms with Crippen molar-refractivity contribution in [3.63, 3.8) is 0 Å². The lowest BCUT2D eigenvalue weighted by Gasteiger charge is -2.11. The maximum Gasteiger partial charge on any atom is 0.134 e. The Hall–Kier alpha value is -2.99. The van der Waals surface area contributed by atoms with Gasteiger partial charge in [0.25, 0.3) is 0 Å². The SMILES string of the molecule is Nc1ncnc2ccc(-c3c(-c4cc(Cl)ccc4F)nc4n3CCC4)cc12. The molecule has 0 spiro atoms. The maximum absolute atomic E-state index is 14.6. The fourth-order valence-electron chi connectivity index (χ4n) is 3.71. The first-order valence-corrected chi connectivity index (χ1v) is 9.05. The van der Waals surface area contributed by atoms with E-state index >= 15 is 0 Å². The molecule has 5 nitrogen and oxygen atoms in total. The first-order chi connectivity index (χ1) is 13.1. The summed E-state index contributed by atoms with van der Waals surface area (Å²) in [5, 5.41) is 1.24. The van der Waals surface area contributed by atoms with E-state index in [2.05, 4.69) is 14.5 Å². The molecule has 2 N–H and O–H groups in total. The van der Waals surface area contributed by atoms with Crippen LogP contribution in [-0.2, 0) is 13.0 Å². The number of halogens is 2. The van der Waals surface area contributed by atoms with Crippen LogP contribution in [-0.4, -0.2) is 19.5 Å². The van der Waals surface area contributed by atoms with Crippen molar-refractivity contribution in [2.45, 2.75) is 19.4 Å². The second-order valence-electron chi connectivity index (χ2n) is 6.60. The number of nitrogen functional groups attached to an aromatic ring is 1. The average molecular weight is 380 g/mol. The summed E-state index contributed by atoms with van der Waals surface area (Å²) in [6, 6.07) is 10.3. The van der Waals surface area contributed by atoms with Crippen LogP contribution in [0.15, 0.2) is 42.7 Å². The van der Waals surface area contributed by atoms with Crippen molar-refractivity contribution >= 4 is 28.3 Å². The summed E-state index contributed by atoms with van der Waals surface area (Å²) in [7, 11) is 0. The van der Waals surface area contributed by atoms with E-state index in [0.717, 1.165) is 47.4 Å². The lowest BCUT2D eigenvalue weighted by molar-refractivity contribution is 0.630. The van der Waals surface area contributed by atoms with Gasteiger partial charge in [-0.3, -0.25) is 0 Å². The maximum atomic E-state index is 14.6. The van der Waals surface area contributed by atoms with Crippen LogP contribution in [0.2, 0.25) is 5.02 Å². The highest BCUT2D eigenvalue weighted by atomic mass is 35.5. The number of hydrogen-bond acceptors (Lipinski definition) is 4. The summed E-state index contributed by atoms with van der Waals surface area (Å²) in [6.07, 6.45) is 3.33. The molecule has 0 fully saturated rings. The Kier molecular flexibility index (Phi) is 3.62. The number of fused-ring (bicyclic) bond motifs is 2. The van der Waals surface area contributed by atoms with E-state index in [0.29, 0.717) is 22.1 Å². The van der Waals surface area contributed by atoms with Gasteiger partial charge in [0.1, 0.15) is 23.8 Å². The van der Waals surface area contributed by atoms with E-state index in [4.69, 9.17) is 22.3 Å². The van der Waals surface area contributed by atoms with Gasteiger partial charge in [0.15, 0.2) is 0 Å². The van der Waals surface area contributed by atoms with Gasteiger partial charge in [-0.2, -0.15) is 0 Å². The highest BCUT2D eigenvalue weighted by Crippen LogP contribution is 2.38. The van der Waals surface area contributed by atoms with Gasteiger partial charge >= 0.3 is 0 Å². The molecule has 0 aliphatic carbocycles. The Morgan fingerprint density at radius 2 is 2.00 bits per heavy atom. The molecule has 7 heteroatoms. The monoisotopic (exact) mass is 379 g/mol. The third-order valence-corrected chi connectivity index (χ3v) is 5.19. The number of aromatic nitrogens is 4. The normalized spacial score (nSPS) is 13.3. The molecule has 0 atom stereocenters. The quantitative estimate of drug-likeness (QED) is 0.557. The highest BCUT2D eigenvalue weighted by Gasteiger charge is 2.25. The van der Waals surface area contributed by atoms with Gasteiger partial charge in [0, 0.05) is 34.5 Å². The molecule has 0 amide bonds. The van der Waals surface area contributed by atoms with Crippen molar-refractivity contribution in [3.8, 4) is 22.5 Å². The number of benzene rings is 2. The van der Waals surface area contributed by atoms with Crippen LogP contribution in [0.1, 0.15) is 12.2 Å². The fourth-order valence-corrected chi connectivity index (χ4v) is 3.88. The minimum absolute atomic E-state index is 0.346. The van der Waals surface area contributed by atoms with Crippen LogP contribution < -0.4 is 5.73 Å². The third-order valence-electron chi connectivity index (χ3n) is 4.95. The molecule has 3 heterocycles. The van der Waals surface area contributed by atoms with Gasteiger partial charge in [-0.05, 0) is 36.8 Å². The molecule has 4 aromatic rings. The van der Waals surface area contributed by atoms with Crippen LogP contribution in [0.3, 0.4) is 0 Å². The zero-order chi connectivity index (χ0) is 18.5. The van der Waals surface area contributed by atoms with Crippen LogP contribution in [0.25, 0.3) is 33.4 Å². The molecule has 2 aromatic carbocycles.